The van der Waals surface area contributed by atoms with E-state index in [1.807, 2.05) is 55.5 Å². The van der Waals surface area contributed by atoms with E-state index in [-0.39, 0.29) is 11.9 Å². The molecule has 3 rings (SSSR count). The van der Waals surface area contributed by atoms with Crippen LogP contribution in [0.15, 0.2) is 53.5 Å². The van der Waals surface area contributed by atoms with Crippen LogP contribution in [0.1, 0.15) is 18.9 Å². The van der Waals surface area contributed by atoms with Gasteiger partial charge < -0.3 is 5.73 Å². The van der Waals surface area contributed by atoms with E-state index in [2.05, 4.69) is 4.99 Å². The molecule has 0 bridgehead atoms. The van der Waals surface area contributed by atoms with Gasteiger partial charge in [0.1, 0.15) is 0 Å². The molecule has 0 saturated carbocycles. The summed E-state index contributed by atoms with van der Waals surface area (Å²) in [7, 11) is 1.64. The average Bonchev–Trinajstić information content (AvgIpc) is 2.53. The molecule has 2 aromatic carbocycles. The number of carbonyl (C=O) groups excluding carboxylic acids is 1. The van der Waals surface area contributed by atoms with Crippen molar-refractivity contribution in [2.45, 2.75) is 18.9 Å². The maximum atomic E-state index is 12.1. The van der Waals surface area contributed by atoms with Gasteiger partial charge in [0.15, 0.2) is 5.96 Å². The van der Waals surface area contributed by atoms with Crippen molar-refractivity contribution in [3.05, 3.63) is 59.1 Å². The summed E-state index contributed by atoms with van der Waals surface area (Å²) >= 11 is 6.08. The van der Waals surface area contributed by atoms with Crippen molar-refractivity contribution in [3.8, 4) is 11.1 Å². The normalized spacial score (nSPS) is 21.3. The highest BCUT2D eigenvalue weighted by atomic mass is 35.5. The zero-order valence-electron chi connectivity index (χ0n) is 13.1. The Morgan fingerprint density at radius 3 is 2.48 bits per heavy atom. The van der Waals surface area contributed by atoms with E-state index in [9.17, 15) is 4.79 Å². The Balaban J connectivity index is 2.05. The van der Waals surface area contributed by atoms with Gasteiger partial charge in [-0.3, -0.25) is 9.69 Å². The summed E-state index contributed by atoms with van der Waals surface area (Å²) in [4.78, 5) is 18.1. The van der Waals surface area contributed by atoms with E-state index >= 15 is 0 Å². The first-order valence-corrected chi connectivity index (χ1v) is 7.75. The lowest BCUT2D eigenvalue weighted by Crippen LogP contribution is -2.47. The Labute approximate surface area is 140 Å². The summed E-state index contributed by atoms with van der Waals surface area (Å²) in [5.74, 6) is 0.213. The van der Waals surface area contributed by atoms with Gasteiger partial charge in [0, 0.05) is 12.1 Å². The smallest absolute Gasteiger partial charge is 0.231 e. The standard InChI is InChI=1S/C18H18ClN3O/c1-18(11-16(23)22(2)17(20)21-18)14-7-3-5-12(9-14)13-6-4-8-15(19)10-13/h3-10H,11H2,1-2H3,(H2,20,21). The number of carbonyl (C=O) groups is 1. The maximum Gasteiger partial charge on any atom is 0.231 e. The van der Waals surface area contributed by atoms with Gasteiger partial charge in [-0.25, -0.2) is 4.99 Å². The molecule has 1 atom stereocenters. The fraction of sp³-hybridized carbons (Fsp3) is 0.222. The molecule has 0 radical (unpaired) electrons. The van der Waals surface area contributed by atoms with Gasteiger partial charge in [-0.05, 0) is 41.8 Å². The summed E-state index contributed by atoms with van der Waals surface area (Å²) in [6, 6.07) is 15.7. The molecule has 5 heteroatoms. The van der Waals surface area contributed by atoms with Gasteiger partial charge in [0.25, 0.3) is 0 Å². The molecule has 118 valence electrons. The number of halogens is 1. The lowest BCUT2D eigenvalue weighted by molar-refractivity contribution is -0.128. The van der Waals surface area contributed by atoms with Crippen LogP contribution in [0.25, 0.3) is 11.1 Å². The van der Waals surface area contributed by atoms with Crippen LogP contribution in [-0.4, -0.2) is 23.8 Å². The maximum absolute atomic E-state index is 12.1. The number of hydrogen-bond acceptors (Lipinski definition) is 3. The molecule has 0 aliphatic carbocycles. The van der Waals surface area contributed by atoms with Crippen LogP contribution in [-0.2, 0) is 10.3 Å². The molecule has 2 aromatic rings. The highest BCUT2D eigenvalue weighted by Crippen LogP contribution is 2.35. The second kappa shape index (κ2) is 5.70. The van der Waals surface area contributed by atoms with Crippen LogP contribution in [0.3, 0.4) is 0 Å². The highest BCUT2D eigenvalue weighted by Gasteiger charge is 2.36. The largest absolute Gasteiger partial charge is 0.369 e. The Morgan fingerprint density at radius 1 is 1.17 bits per heavy atom. The molecule has 1 amide bonds. The minimum Gasteiger partial charge on any atom is -0.369 e. The lowest BCUT2D eigenvalue weighted by atomic mass is 9.86. The van der Waals surface area contributed by atoms with Crippen molar-refractivity contribution in [2.75, 3.05) is 7.05 Å². The first-order chi connectivity index (χ1) is 10.9. The van der Waals surface area contributed by atoms with E-state index in [0.29, 0.717) is 11.4 Å². The summed E-state index contributed by atoms with van der Waals surface area (Å²) < 4.78 is 0. The summed E-state index contributed by atoms with van der Waals surface area (Å²) in [6.07, 6.45) is 0.295. The van der Waals surface area contributed by atoms with Gasteiger partial charge in [0.05, 0.1) is 12.0 Å². The van der Waals surface area contributed by atoms with Crippen molar-refractivity contribution >= 4 is 23.5 Å². The Morgan fingerprint density at radius 2 is 1.83 bits per heavy atom. The number of rotatable bonds is 2. The van der Waals surface area contributed by atoms with Gasteiger partial charge in [-0.15, -0.1) is 0 Å². The molecule has 0 saturated heterocycles. The van der Waals surface area contributed by atoms with Crippen molar-refractivity contribution in [1.82, 2.24) is 4.90 Å². The van der Waals surface area contributed by atoms with Crippen molar-refractivity contribution < 1.29 is 4.79 Å². The van der Waals surface area contributed by atoms with Gasteiger partial charge in [-0.1, -0.05) is 41.9 Å². The van der Waals surface area contributed by atoms with Crippen LogP contribution in [0, 0.1) is 0 Å². The van der Waals surface area contributed by atoms with Crippen LogP contribution in [0.5, 0.6) is 0 Å². The van der Waals surface area contributed by atoms with Crippen molar-refractivity contribution in [3.63, 3.8) is 0 Å². The molecule has 0 aromatic heterocycles. The fourth-order valence-electron chi connectivity index (χ4n) is 2.78. The molecule has 0 fully saturated rings. The summed E-state index contributed by atoms with van der Waals surface area (Å²) in [6.45, 7) is 1.93. The van der Waals surface area contributed by atoms with Crippen LogP contribution < -0.4 is 5.73 Å². The zero-order valence-corrected chi connectivity index (χ0v) is 13.8. The number of aliphatic imine (C=N–C) groups is 1. The molecule has 1 heterocycles. The monoisotopic (exact) mass is 327 g/mol. The molecule has 0 spiro atoms. The predicted octanol–water partition coefficient (Wildman–Crippen LogP) is 3.40. The Kier molecular flexibility index (Phi) is 3.86. The van der Waals surface area contributed by atoms with E-state index in [0.717, 1.165) is 16.7 Å². The first kappa shape index (κ1) is 15.6. The molecular formula is C18H18ClN3O. The number of nitrogens with two attached hydrogens (primary N) is 1. The summed E-state index contributed by atoms with van der Waals surface area (Å²) in [5, 5.41) is 0.691. The molecule has 4 nitrogen and oxygen atoms in total. The molecular weight excluding hydrogens is 310 g/mol. The van der Waals surface area contributed by atoms with Gasteiger partial charge in [-0.2, -0.15) is 0 Å². The second-order valence-corrected chi connectivity index (χ2v) is 6.40. The topological polar surface area (TPSA) is 58.7 Å². The van der Waals surface area contributed by atoms with Crippen LogP contribution in [0.4, 0.5) is 0 Å². The Bertz CT molecular complexity index is 802. The quantitative estimate of drug-likeness (QED) is 0.919. The van der Waals surface area contributed by atoms with Gasteiger partial charge in [0.2, 0.25) is 5.91 Å². The number of hydrogen-bond donors (Lipinski definition) is 1. The number of guanidine groups is 1. The van der Waals surface area contributed by atoms with Crippen molar-refractivity contribution in [1.29, 1.82) is 0 Å². The number of amides is 1. The van der Waals surface area contributed by atoms with Gasteiger partial charge >= 0.3 is 0 Å². The molecule has 1 unspecified atom stereocenters. The van der Waals surface area contributed by atoms with E-state index < -0.39 is 5.54 Å². The fourth-order valence-corrected chi connectivity index (χ4v) is 2.97. The third-order valence-electron chi connectivity index (χ3n) is 4.22. The minimum atomic E-state index is -0.651. The molecule has 1 aliphatic heterocycles. The first-order valence-electron chi connectivity index (χ1n) is 7.37. The zero-order chi connectivity index (χ0) is 16.6. The third-order valence-corrected chi connectivity index (χ3v) is 4.45. The van der Waals surface area contributed by atoms with Crippen molar-refractivity contribution in [2.24, 2.45) is 10.7 Å². The average molecular weight is 328 g/mol. The van der Waals surface area contributed by atoms with E-state index in [1.165, 1.54) is 4.90 Å². The highest BCUT2D eigenvalue weighted by molar-refractivity contribution is 6.30. The minimum absolute atomic E-state index is 0.0341. The lowest BCUT2D eigenvalue weighted by Gasteiger charge is -2.33. The molecule has 23 heavy (non-hydrogen) atoms. The number of benzene rings is 2. The number of nitrogens with zero attached hydrogens (tertiary/aromatic N) is 2. The summed E-state index contributed by atoms with van der Waals surface area (Å²) in [5.41, 5.74) is 8.26. The van der Waals surface area contributed by atoms with Crippen LogP contribution in [0.2, 0.25) is 5.02 Å². The SMILES string of the molecule is CN1C(=O)CC(C)(c2cccc(-c3cccc(Cl)c3)c2)N=C1N. The third kappa shape index (κ3) is 2.94. The Hall–Kier alpha value is -2.33. The van der Waals surface area contributed by atoms with E-state index in [1.54, 1.807) is 7.05 Å². The molecule has 1 aliphatic rings. The van der Waals surface area contributed by atoms with Crippen LogP contribution >= 0.6 is 11.6 Å². The van der Waals surface area contributed by atoms with E-state index in [4.69, 9.17) is 17.3 Å². The second-order valence-electron chi connectivity index (χ2n) is 5.96. The predicted molar refractivity (Wildman–Crippen MR) is 93.2 cm³/mol. The molecule has 2 N–H and O–H groups in total.